The first-order valence-electron chi connectivity index (χ1n) is 8.60. The van der Waals surface area contributed by atoms with Crippen molar-refractivity contribution < 1.29 is 0 Å². The van der Waals surface area contributed by atoms with E-state index in [0.29, 0.717) is 3.43 Å². The molecule has 0 saturated carbocycles. The molecule has 0 aliphatic carbocycles. The Balaban J connectivity index is 1.76. The Kier molecular flexibility index (Phi) is 6.14. The first kappa shape index (κ1) is 17.3. The van der Waals surface area contributed by atoms with Gasteiger partial charge in [-0.05, 0) is 0 Å². The molecule has 0 atom stereocenters. The molecular formula is C23H23Sn. The van der Waals surface area contributed by atoms with Crippen LogP contribution in [0.2, 0.25) is 3.43 Å². The summed E-state index contributed by atoms with van der Waals surface area (Å²) in [5.41, 5.74) is 4.36. The average Bonchev–Trinajstić information content (AvgIpc) is 2.63. The fourth-order valence-electron chi connectivity index (χ4n) is 3.24. The Hall–Kier alpha value is -1.54. The molecule has 119 valence electrons. The predicted octanol–water partition coefficient (Wildman–Crippen LogP) is 5.43. The van der Waals surface area contributed by atoms with Crippen LogP contribution in [0.3, 0.4) is 0 Å². The Bertz CT molecular complexity index is 678. The third-order valence-corrected chi connectivity index (χ3v) is 6.23. The Labute approximate surface area is 159 Å². The molecule has 0 nitrogen and oxygen atoms in total. The van der Waals surface area contributed by atoms with Crippen LogP contribution in [0, 0.1) is 0 Å². The van der Waals surface area contributed by atoms with E-state index in [-0.39, 0.29) is 0 Å². The van der Waals surface area contributed by atoms with Gasteiger partial charge in [-0.25, -0.2) is 0 Å². The molecule has 0 heterocycles. The zero-order valence-electron chi connectivity index (χ0n) is 14.0. The summed E-state index contributed by atoms with van der Waals surface area (Å²) in [4.78, 5) is 0. The second-order valence-electron chi connectivity index (χ2n) is 6.59. The summed E-state index contributed by atoms with van der Waals surface area (Å²) in [5.74, 6) is 0. The SMILES string of the molecule is [Sn][C](CCc1ccccc1)(Cc1ccccc1)Cc1ccccc1. The molecule has 0 aromatic heterocycles. The zero-order valence-corrected chi connectivity index (χ0v) is 16.8. The van der Waals surface area contributed by atoms with Gasteiger partial charge in [0.05, 0.1) is 0 Å². The molecule has 0 fully saturated rings. The van der Waals surface area contributed by atoms with Crippen molar-refractivity contribution in [3.63, 3.8) is 0 Å². The van der Waals surface area contributed by atoms with Crippen LogP contribution >= 0.6 is 0 Å². The van der Waals surface area contributed by atoms with E-state index < -0.39 is 0 Å². The summed E-state index contributed by atoms with van der Waals surface area (Å²) in [7, 11) is 0. The van der Waals surface area contributed by atoms with Crippen molar-refractivity contribution in [2.75, 3.05) is 0 Å². The number of benzene rings is 3. The van der Waals surface area contributed by atoms with E-state index in [1.165, 1.54) is 23.1 Å². The van der Waals surface area contributed by atoms with Gasteiger partial charge in [-0.2, -0.15) is 0 Å². The van der Waals surface area contributed by atoms with E-state index in [9.17, 15) is 0 Å². The standard InChI is InChI=1S/C23H23.Sn/c1-4-10-20(11-5-1)16-17-23(18-21-12-6-2-7-13-21)19-22-14-8-3-9-15-22;/h1-15H,16-19H2;. The molecule has 3 rings (SSSR count). The summed E-state index contributed by atoms with van der Waals surface area (Å²) in [6, 6.07) is 32.8. The van der Waals surface area contributed by atoms with Crippen molar-refractivity contribution in [2.24, 2.45) is 0 Å². The Morgan fingerprint density at radius 3 is 1.33 bits per heavy atom. The summed E-state index contributed by atoms with van der Waals surface area (Å²) in [6.45, 7) is 0. The van der Waals surface area contributed by atoms with E-state index in [1.807, 2.05) is 0 Å². The van der Waals surface area contributed by atoms with E-state index in [4.69, 9.17) is 0 Å². The number of hydrogen-bond donors (Lipinski definition) is 0. The first-order chi connectivity index (χ1) is 11.7. The molecule has 0 amide bonds. The van der Waals surface area contributed by atoms with Crippen molar-refractivity contribution in [3.8, 4) is 0 Å². The second-order valence-corrected chi connectivity index (χ2v) is 9.62. The molecule has 24 heavy (non-hydrogen) atoms. The van der Waals surface area contributed by atoms with Gasteiger partial charge in [-0.3, -0.25) is 0 Å². The number of hydrogen-bond acceptors (Lipinski definition) is 0. The molecule has 0 bridgehead atoms. The van der Waals surface area contributed by atoms with Crippen LogP contribution < -0.4 is 0 Å². The van der Waals surface area contributed by atoms with Crippen LogP contribution in [0.4, 0.5) is 0 Å². The minimum absolute atomic E-state index is 0.352. The van der Waals surface area contributed by atoms with Crippen LogP contribution in [0.1, 0.15) is 23.1 Å². The first-order valence-corrected chi connectivity index (χ1v) is 10.0. The summed E-state index contributed by atoms with van der Waals surface area (Å²) >= 11 is 1.64. The fraction of sp³-hybridized carbons (Fsp3) is 0.217. The predicted molar refractivity (Wildman–Crippen MR) is 104 cm³/mol. The van der Waals surface area contributed by atoms with Crippen LogP contribution in [0.25, 0.3) is 0 Å². The van der Waals surface area contributed by atoms with Gasteiger partial charge in [0, 0.05) is 0 Å². The molecule has 0 aliphatic rings. The molecule has 3 radical (unpaired) electrons. The molecule has 3 aromatic carbocycles. The van der Waals surface area contributed by atoms with Crippen LogP contribution in [-0.2, 0) is 19.3 Å². The van der Waals surface area contributed by atoms with Gasteiger partial charge < -0.3 is 0 Å². The van der Waals surface area contributed by atoms with Crippen LogP contribution in [0.5, 0.6) is 0 Å². The normalized spacial score (nSPS) is 11.4. The van der Waals surface area contributed by atoms with Crippen LogP contribution in [0.15, 0.2) is 91.0 Å². The quantitative estimate of drug-likeness (QED) is 0.449. The minimum atomic E-state index is 0.352. The van der Waals surface area contributed by atoms with Gasteiger partial charge >= 0.3 is 159 Å². The molecule has 0 N–H and O–H groups in total. The van der Waals surface area contributed by atoms with Gasteiger partial charge in [0.1, 0.15) is 0 Å². The van der Waals surface area contributed by atoms with Crippen molar-refractivity contribution in [2.45, 2.75) is 29.1 Å². The monoisotopic (exact) mass is 419 g/mol. The molecule has 0 aliphatic heterocycles. The third kappa shape index (κ3) is 5.24. The summed E-state index contributed by atoms with van der Waals surface area (Å²) < 4.78 is 0.352. The van der Waals surface area contributed by atoms with Crippen molar-refractivity contribution in [3.05, 3.63) is 108 Å². The van der Waals surface area contributed by atoms with Gasteiger partial charge in [0.15, 0.2) is 0 Å². The van der Waals surface area contributed by atoms with Crippen molar-refractivity contribution >= 4 is 22.5 Å². The Morgan fingerprint density at radius 2 is 0.917 bits per heavy atom. The maximum atomic E-state index is 2.27. The molecule has 0 saturated heterocycles. The molecular weight excluding hydrogens is 395 g/mol. The maximum absolute atomic E-state index is 2.27. The molecule has 3 aromatic rings. The molecule has 0 unspecified atom stereocenters. The van der Waals surface area contributed by atoms with Gasteiger partial charge in [-0.15, -0.1) is 0 Å². The summed E-state index contributed by atoms with van der Waals surface area (Å²) in [6.07, 6.45) is 4.71. The molecule has 1 heteroatoms. The summed E-state index contributed by atoms with van der Waals surface area (Å²) in [5, 5.41) is 0. The zero-order chi connectivity index (χ0) is 16.7. The number of aryl methyl sites for hydroxylation is 1. The van der Waals surface area contributed by atoms with E-state index in [2.05, 4.69) is 91.0 Å². The second kappa shape index (κ2) is 8.53. The van der Waals surface area contributed by atoms with E-state index >= 15 is 0 Å². The number of rotatable bonds is 7. The van der Waals surface area contributed by atoms with Gasteiger partial charge in [0.25, 0.3) is 0 Å². The van der Waals surface area contributed by atoms with E-state index in [0.717, 1.165) is 19.3 Å². The average molecular weight is 418 g/mol. The van der Waals surface area contributed by atoms with Crippen molar-refractivity contribution in [1.82, 2.24) is 0 Å². The third-order valence-electron chi connectivity index (χ3n) is 4.51. The molecule has 0 spiro atoms. The van der Waals surface area contributed by atoms with Crippen molar-refractivity contribution in [1.29, 1.82) is 0 Å². The topological polar surface area (TPSA) is 0 Å². The van der Waals surface area contributed by atoms with Crippen LogP contribution in [-0.4, -0.2) is 22.5 Å². The Morgan fingerprint density at radius 1 is 0.542 bits per heavy atom. The van der Waals surface area contributed by atoms with Gasteiger partial charge in [0.2, 0.25) is 0 Å². The fourth-order valence-corrected chi connectivity index (χ4v) is 4.76. The van der Waals surface area contributed by atoms with Gasteiger partial charge in [-0.1, -0.05) is 0 Å². The van der Waals surface area contributed by atoms with E-state index in [1.54, 1.807) is 22.5 Å².